The average molecular weight is 295 g/mol. The van der Waals surface area contributed by atoms with Crippen molar-refractivity contribution in [3.63, 3.8) is 0 Å². The number of ketones is 1. The number of likely N-dealkylation sites (tertiary alicyclic amines) is 1. The Labute approximate surface area is 129 Å². The Morgan fingerprint density at radius 1 is 1.15 bits per heavy atom. The van der Waals surface area contributed by atoms with E-state index in [-0.39, 0.29) is 24.1 Å². The van der Waals surface area contributed by atoms with Crippen LogP contribution in [-0.4, -0.2) is 30.3 Å². The van der Waals surface area contributed by atoms with E-state index in [4.69, 9.17) is 0 Å². The van der Waals surface area contributed by atoms with Gasteiger partial charge >= 0.3 is 0 Å². The molecule has 2 nitrogen and oxygen atoms in total. The van der Waals surface area contributed by atoms with Gasteiger partial charge in [0, 0.05) is 18.0 Å². The molecule has 0 amide bonds. The molecule has 1 aromatic rings. The van der Waals surface area contributed by atoms with Gasteiger partial charge in [0.15, 0.2) is 5.78 Å². The number of carbonyl (C=O) groups is 1. The lowest BCUT2D eigenvalue weighted by atomic mass is 9.97. The summed E-state index contributed by atoms with van der Waals surface area (Å²) < 4.78 is 0. The van der Waals surface area contributed by atoms with Gasteiger partial charge in [-0.25, -0.2) is 0 Å². The second-order valence-corrected chi connectivity index (χ2v) is 5.68. The van der Waals surface area contributed by atoms with Gasteiger partial charge in [-0.3, -0.25) is 4.79 Å². The van der Waals surface area contributed by atoms with Crippen molar-refractivity contribution in [2.24, 2.45) is 5.92 Å². The summed E-state index contributed by atoms with van der Waals surface area (Å²) in [6.45, 7) is 7.42. The number of hydrogen-bond donors (Lipinski definition) is 0. The predicted molar refractivity (Wildman–Crippen MR) is 79.6 cm³/mol. The van der Waals surface area contributed by atoms with Gasteiger partial charge in [-0.05, 0) is 37.9 Å². The molecule has 1 aliphatic rings. The summed E-state index contributed by atoms with van der Waals surface area (Å²) in [4.78, 5) is 14.8. The van der Waals surface area contributed by atoms with Crippen LogP contribution in [0.25, 0.3) is 0 Å². The molecule has 1 atom stereocenters. The predicted octanol–water partition coefficient (Wildman–Crippen LogP) is 0.558. The SMILES string of the molecule is CCc1ccc(C(=O)C(C)CN2CCCCC2)cc1.[Cl-]. The van der Waals surface area contributed by atoms with Crippen LogP contribution in [0.5, 0.6) is 0 Å². The molecule has 1 aliphatic heterocycles. The van der Waals surface area contributed by atoms with Crippen LogP contribution >= 0.6 is 0 Å². The molecule has 20 heavy (non-hydrogen) atoms. The van der Waals surface area contributed by atoms with E-state index < -0.39 is 0 Å². The quantitative estimate of drug-likeness (QED) is 0.740. The summed E-state index contributed by atoms with van der Waals surface area (Å²) in [5.41, 5.74) is 2.15. The molecule has 0 aliphatic carbocycles. The molecule has 1 aromatic carbocycles. The van der Waals surface area contributed by atoms with Gasteiger partial charge in [0.1, 0.15) is 0 Å². The number of benzene rings is 1. The van der Waals surface area contributed by atoms with Crippen LogP contribution in [-0.2, 0) is 6.42 Å². The van der Waals surface area contributed by atoms with Gasteiger partial charge in [0.2, 0.25) is 0 Å². The van der Waals surface area contributed by atoms with Gasteiger partial charge in [-0.15, -0.1) is 0 Å². The standard InChI is InChI=1S/C17H25NO.ClH/c1-3-15-7-9-16(10-8-15)17(19)14(2)13-18-11-5-4-6-12-18;/h7-10,14H,3-6,11-13H2,1-2H3;1H/p-1. The minimum atomic E-state index is 0. The molecule has 0 N–H and O–H groups in total. The minimum Gasteiger partial charge on any atom is -1.00 e. The zero-order valence-corrected chi connectivity index (χ0v) is 13.3. The van der Waals surface area contributed by atoms with Crippen LogP contribution in [0.4, 0.5) is 0 Å². The average Bonchev–Trinajstić information content (AvgIpc) is 2.47. The maximum Gasteiger partial charge on any atom is 0.166 e. The summed E-state index contributed by atoms with van der Waals surface area (Å²) in [5.74, 6) is 0.388. The number of piperidine rings is 1. The lowest BCUT2D eigenvalue weighted by molar-refractivity contribution is -0.0000120. The highest BCUT2D eigenvalue weighted by Crippen LogP contribution is 2.15. The van der Waals surface area contributed by atoms with Crippen molar-refractivity contribution in [3.8, 4) is 0 Å². The Bertz CT molecular complexity index is 410. The van der Waals surface area contributed by atoms with Crippen LogP contribution in [0.1, 0.15) is 49.0 Å². The lowest BCUT2D eigenvalue weighted by Crippen LogP contribution is -3.00. The molecule has 2 rings (SSSR count). The Morgan fingerprint density at radius 3 is 2.30 bits per heavy atom. The smallest absolute Gasteiger partial charge is 0.166 e. The first-order chi connectivity index (χ1) is 9.20. The normalized spacial score (nSPS) is 17.3. The topological polar surface area (TPSA) is 20.3 Å². The number of hydrogen-bond acceptors (Lipinski definition) is 2. The minimum absolute atomic E-state index is 0. The summed E-state index contributed by atoms with van der Waals surface area (Å²) >= 11 is 0. The molecule has 1 heterocycles. The zero-order valence-electron chi connectivity index (χ0n) is 12.6. The second kappa shape index (κ2) is 8.43. The van der Waals surface area contributed by atoms with E-state index in [1.807, 2.05) is 12.1 Å². The van der Waals surface area contributed by atoms with Gasteiger partial charge in [-0.2, -0.15) is 0 Å². The molecule has 1 saturated heterocycles. The fourth-order valence-corrected chi connectivity index (χ4v) is 2.80. The summed E-state index contributed by atoms with van der Waals surface area (Å²) in [6, 6.07) is 8.10. The first-order valence-corrected chi connectivity index (χ1v) is 7.56. The largest absolute Gasteiger partial charge is 1.00 e. The first-order valence-electron chi connectivity index (χ1n) is 7.56. The number of carbonyl (C=O) groups excluding carboxylic acids is 1. The van der Waals surface area contributed by atoms with E-state index in [1.54, 1.807) is 0 Å². The molecular formula is C17H25ClNO-. The van der Waals surface area contributed by atoms with E-state index in [9.17, 15) is 4.79 Å². The summed E-state index contributed by atoms with van der Waals surface area (Å²) in [7, 11) is 0. The van der Waals surface area contributed by atoms with Gasteiger partial charge in [0.05, 0.1) is 0 Å². The highest BCUT2D eigenvalue weighted by Gasteiger charge is 2.19. The van der Waals surface area contributed by atoms with Gasteiger partial charge in [-0.1, -0.05) is 44.5 Å². The number of aryl methyl sites for hydroxylation is 1. The Balaban J connectivity index is 0.00000200. The fraction of sp³-hybridized carbons (Fsp3) is 0.588. The van der Waals surface area contributed by atoms with E-state index in [0.29, 0.717) is 0 Å². The van der Waals surface area contributed by atoms with Crippen molar-refractivity contribution >= 4 is 5.78 Å². The molecular weight excluding hydrogens is 270 g/mol. The molecule has 3 heteroatoms. The maximum atomic E-state index is 12.4. The van der Waals surface area contributed by atoms with Gasteiger partial charge < -0.3 is 17.3 Å². The third kappa shape index (κ3) is 4.60. The van der Waals surface area contributed by atoms with E-state index in [2.05, 4.69) is 30.9 Å². The third-order valence-electron chi connectivity index (χ3n) is 4.08. The molecule has 0 saturated carbocycles. The van der Waals surface area contributed by atoms with Crippen molar-refractivity contribution in [1.29, 1.82) is 0 Å². The van der Waals surface area contributed by atoms with Crippen LogP contribution in [0.2, 0.25) is 0 Å². The van der Waals surface area contributed by atoms with Crippen molar-refractivity contribution < 1.29 is 17.2 Å². The summed E-state index contributed by atoms with van der Waals surface area (Å²) in [6.07, 6.45) is 4.94. The van der Waals surface area contributed by atoms with E-state index in [1.165, 1.54) is 24.8 Å². The zero-order chi connectivity index (χ0) is 13.7. The van der Waals surface area contributed by atoms with Crippen molar-refractivity contribution in [1.82, 2.24) is 4.90 Å². The monoisotopic (exact) mass is 294 g/mol. The van der Waals surface area contributed by atoms with Gasteiger partial charge in [0.25, 0.3) is 0 Å². The Morgan fingerprint density at radius 2 is 1.75 bits per heavy atom. The molecule has 0 spiro atoms. The molecule has 0 aromatic heterocycles. The molecule has 0 bridgehead atoms. The van der Waals surface area contributed by atoms with Crippen LogP contribution in [0.3, 0.4) is 0 Å². The molecule has 1 unspecified atom stereocenters. The van der Waals surface area contributed by atoms with Crippen molar-refractivity contribution in [2.75, 3.05) is 19.6 Å². The maximum absolute atomic E-state index is 12.4. The highest BCUT2D eigenvalue weighted by atomic mass is 35.5. The third-order valence-corrected chi connectivity index (χ3v) is 4.08. The molecule has 112 valence electrons. The molecule has 1 fully saturated rings. The van der Waals surface area contributed by atoms with E-state index >= 15 is 0 Å². The number of rotatable bonds is 5. The Hall–Kier alpha value is -0.860. The highest BCUT2D eigenvalue weighted by molar-refractivity contribution is 5.97. The Kier molecular flexibility index (Phi) is 7.25. The van der Waals surface area contributed by atoms with Crippen LogP contribution < -0.4 is 12.4 Å². The van der Waals surface area contributed by atoms with E-state index in [0.717, 1.165) is 31.6 Å². The second-order valence-electron chi connectivity index (χ2n) is 5.68. The summed E-state index contributed by atoms with van der Waals surface area (Å²) in [5, 5.41) is 0. The first kappa shape index (κ1) is 17.2. The number of nitrogens with zero attached hydrogens (tertiary/aromatic N) is 1. The molecule has 0 radical (unpaired) electrons. The van der Waals surface area contributed by atoms with Crippen LogP contribution in [0, 0.1) is 5.92 Å². The fourth-order valence-electron chi connectivity index (χ4n) is 2.80. The number of Topliss-reactive ketones (excluding diaryl/α,β-unsaturated/α-hetero) is 1. The van der Waals surface area contributed by atoms with Crippen molar-refractivity contribution in [2.45, 2.75) is 39.5 Å². The van der Waals surface area contributed by atoms with Crippen molar-refractivity contribution in [3.05, 3.63) is 35.4 Å². The lowest BCUT2D eigenvalue weighted by Gasteiger charge is -2.28. The van der Waals surface area contributed by atoms with Crippen LogP contribution in [0.15, 0.2) is 24.3 Å². The number of halogens is 1.